The number of aryl methyl sites for hydroxylation is 1. The van der Waals surface area contributed by atoms with Crippen molar-refractivity contribution in [2.24, 2.45) is 0 Å². The first-order valence-corrected chi connectivity index (χ1v) is 15.4. The van der Waals surface area contributed by atoms with Crippen LogP contribution in [-0.2, 0) is 19.4 Å². The predicted molar refractivity (Wildman–Crippen MR) is 166 cm³/mol. The molecule has 0 amide bonds. The van der Waals surface area contributed by atoms with Gasteiger partial charge in [0.1, 0.15) is 12.4 Å². The number of halogens is 1. The third-order valence-corrected chi connectivity index (χ3v) is 8.85. The Kier molecular flexibility index (Phi) is 10.1. The van der Waals surface area contributed by atoms with E-state index in [1.54, 1.807) is 32.4 Å². The molecular weight excluding hydrogens is 531 g/mol. The van der Waals surface area contributed by atoms with E-state index in [1.807, 2.05) is 18.2 Å². The van der Waals surface area contributed by atoms with Crippen molar-refractivity contribution in [2.75, 3.05) is 51.9 Å². The molecule has 7 heteroatoms. The molecule has 1 aliphatic carbocycles. The Morgan fingerprint density at radius 2 is 1.67 bits per heavy atom. The van der Waals surface area contributed by atoms with Crippen LogP contribution >= 0.6 is 0 Å². The maximum absolute atomic E-state index is 15.2. The molecule has 3 aromatic rings. The van der Waals surface area contributed by atoms with E-state index in [1.165, 1.54) is 42.4 Å². The van der Waals surface area contributed by atoms with Gasteiger partial charge < -0.3 is 24.2 Å². The van der Waals surface area contributed by atoms with Crippen molar-refractivity contribution in [3.05, 3.63) is 76.6 Å². The molecule has 0 unspecified atom stereocenters. The Morgan fingerprint density at radius 1 is 0.905 bits per heavy atom. The molecule has 1 saturated heterocycles. The molecule has 1 N–H and O–H groups in total. The summed E-state index contributed by atoms with van der Waals surface area (Å²) in [6.45, 7) is 6.96. The van der Waals surface area contributed by atoms with Gasteiger partial charge in [-0.25, -0.2) is 4.39 Å². The summed E-state index contributed by atoms with van der Waals surface area (Å²) in [6, 6.07) is 15.2. The Bertz CT molecular complexity index is 1340. The number of methoxy groups -OCH3 is 2. The summed E-state index contributed by atoms with van der Waals surface area (Å²) in [5.74, 6) is 1.97. The van der Waals surface area contributed by atoms with Crippen molar-refractivity contribution in [1.82, 2.24) is 4.90 Å². The van der Waals surface area contributed by atoms with Gasteiger partial charge in [-0.2, -0.15) is 0 Å². The highest BCUT2D eigenvalue weighted by molar-refractivity contribution is 5.64. The standard InChI is InChI=1S/C35H45FN2O4/c1-4-38(24-25-9-14-33(31(36)19-25)42-18-17-37-15-7-5-6-8-16-37)32-23-35(41-3)34(40-2)22-30(32)28-11-10-27-21-29(39)13-12-26(27)20-28/h9,12-14,19,21-23,28,39H,4-8,10-11,15-18,20,24H2,1-3H3/t28-/m1/s1. The van der Waals surface area contributed by atoms with Gasteiger partial charge in [0.25, 0.3) is 0 Å². The van der Waals surface area contributed by atoms with E-state index in [-0.39, 0.29) is 11.7 Å². The predicted octanol–water partition coefficient (Wildman–Crippen LogP) is 7.10. The minimum atomic E-state index is -0.320. The number of anilines is 1. The number of ether oxygens (including phenoxy) is 3. The molecule has 0 saturated carbocycles. The van der Waals surface area contributed by atoms with Crippen molar-refractivity contribution in [1.29, 1.82) is 0 Å². The van der Waals surface area contributed by atoms with E-state index in [0.29, 0.717) is 36.1 Å². The van der Waals surface area contributed by atoms with Gasteiger partial charge in [0.05, 0.1) is 14.2 Å². The van der Waals surface area contributed by atoms with Crippen LogP contribution in [0.1, 0.15) is 67.2 Å². The molecule has 0 radical (unpaired) electrons. The molecule has 42 heavy (non-hydrogen) atoms. The van der Waals surface area contributed by atoms with Crippen molar-refractivity contribution < 1.29 is 23.7 Å². The maximum Gasteiger partial charge on any atom is 0.165 e. The second-order valence-corrected chi connectivity index (χ2v) is 11.5. The highest BCUT2D eigenvalue weighted by Crippen LogP contribution is 2.43. The minimum absolute atomic E-state index is 0.280. The summed E-state index contributed by atoms with van der Waals surface area (Å²) in [5.41, 5.74) is 5.63. The second kappa shape index (κ2) is 14.1. The molecule has 5 rings (SSSR count). The van der Waals surface area contributed by atoms with Crippen LogP contribution in [0.3, 0.4) is 0 Å². The third kappa shape index (κ3) is 7.12. The van der Waals surface area contributed by atoms with Crippen molar-refractivity contribution >= 4 is 5.69 Å². The number of likely N-dealkylation sites (tertiary alicyclic amines) is 1. The molecule has 0 spiro atoms. The average Bonchev–Trinajstić information content (AvgIpc) is 3.29. The minimum Gasteiger partial charge on any atom is -0.508 e. The Balaban J connectivity index is 1.34. The third-order valence-electron chi connectivity index (χ3n) is 8.85. The average molecular weight is 577 g/mol. The molecule has 1 atom stereocenters. The number of rotatable bonds is 11. The van der Waals surface area contributed by atoms with Crippen LogP contribution in [0.25, 0.3) is 0 Å². The van der Waals surface area contributed by atoms with Crippen LogP contribution in [0.2, 0.25) is 0 Å². The molecule has 2 aliphatic rings. The fraction of sp³-hybridized carbons (Fsp3) is 0.486. The van der Waals surface area contributed by atoms with Crippen LogP contribution < -0.4 is 19.1 Å². The fourth-order valence-electron chi connectivity index (χ4n) is 6.48. The zero-order valence-corrected chi connectivity index (χ0v) is 25.3. The number of hydrogen-bond acceptors (Lipinski definition) is 6. The van der Waals surface area contributed by atoms with Gasteiger partial charge in [-0.15, -0.1) is 0 Å². The first-order valence-electron chi connectivity index (χ1n) is 15.4. The van der Waals surface area contributed by atoms with Gasteiger partial charge >= 0.3 is 0 Å². The summed E-state index contributed by atoms with van der Waals surface area (Å²) in [4.78, 5) is 4.70. The number of phenolic OH excluding ortho intramolecular Hbond substituents is 1. The lowest BCUT2D eigenvalue weighted by atomic mass is 9.79. The quantitative estimate of drug-likeness (QED) is 0.263. The van der Waals surface area contributed by atoms with Crippen LogP contribution in [0.15, 0.2) is 48.5 Å². The van der Waals surface area contributed by atoms with E-state index in [9.17, 15) is 5.11 Å². The monoisotopic (exact) mass is 576 g/mol. The lowest BCUT2D eigenvalue weighted by molar-refractivity contribution is 0.209. The summed E-state index contributed by atoms with van der Waals surface area (Å²) in [6.07, 6.45) is 7.82. The van der Waals surface area contributed by atoms with Gasteiger partial charge in [-0.3, -0.25) is 4.90 Å². The summed E-state index contributed by atoms with van der Waals surface area (Å²) in [5, 5.41) is 9.96. The molecule has 1 heterocycles. The SMILES string of the molecule is CCN(Cc1ccc(OCCN2CCCCCC2)c(F)c1)c1cc(OC)c(OC)cc1[C@@H]1CCc2cc(O)ccc2C1. The van der Waals surface area contributed by atoms with Gasteiger partial charge in [0.2, 0.25) is 0 Å². The summed E-state index contributed by atoms with van der Waals surface area (Å²) < 4.78 is 32.4. The molecule has 0 aromatic heterocycles. The summed E-state index contributed by atoms with van der Waals surface area (Å²) in [7, 11) is 3.32. The number of fused-ring (bicyclic) bond motifs is 1. The first-order chi connectivity index (χ1) is 20.5. The van der Waals surface area contributed by atoms with Crippen molar-refractivity contribution in [3.63, 3.8) is 0 Å². The van der Waals surface area contributed by atoms with Gasteiger partial charge in [-0.1, -0.05) is 25.0 Å². The Labute approximate surface area is 250 Å². The first kappa shape index (κ1) is 30.0. The number of phenols is 1. The van der Waals surface area contributed by atoms with E-state index in [2.05, 4.69) is 28.9 Å². The highest BCUT2D eigenvalue weighted by atomic mass is 19.1. The molecule has 1 fully saturated rings. The van der Waals surface area contributed by atoms with E-state index < -0.39 is 0 Å². The molecule has 0 bridgehead atoms. The zero-order valence-electron chi connectivity index (χ0n) is 25.3. The lowest BCUT2D eigenvalue weighted by Crippen LogP contribution is -2.29. The molecule has 3 aromatic carbocycles. The zero-order chi connectivity index (χ0) is 29.5. The highest BCUT2D eigenvalue weighted by Gasteiger charge is 2.26. The van der Waals surface area contributed by atoms with E-state index in [0.717, 1.165) is 56.7 Å². The molecule has 226 valence electrons. The summed E-state index contributed by atoms with van der Waals surface area (Å²) >= 11 is 0. The van der Waals surface area contributed by atoms with Gasteiger partial charge in [0.15, 0.2) is 23.1 Å². The van der Waals surface area contributed by atoms with Gasteiger partial charge in [0, 0.05) is 31.4 Å². The topological polar surface area (TPSA) is 54.4 Å². The number of hydrogen-bond donors (Lipinski definition) is 1. The maximum atomic E-state index is 15.2. The number of aromatic hydroxyl groups is 1. The van der Waals surface area contributed by atoms with E-state index >= 15 is 4.39 Å². The number of nitrogens with zero attached hydrogens (tertiary/aromatic N) is 2. The van der Waals surface area contributed by atoms with Crippen molar-refractivity contribution in [3.8, 4) is 23.0 Å². The Morgan fingerprint density at radius 3 is 2.38 bits per heavy atom. The Hall–Kier alpha value is -3.45. The fourth-order valence-corrected chi connectivity index (χ4v) is 6.48. The molecule has 1 aliphatic heterocycles. The largest absolute Gasteiger partial charge is 0.508 e. The molecular formula is C35H45FN2O4. The van der Waals surface area contributed by atoms with Crippen LogP contribution in [-0.4, -0.2) is 57.0 Å². The van der Waals surface area contributed by atoms with Crippen molar-refractivity contribution in [2.45, 2.75) is 64.3 Å². The normalized spacial score (nSPS) is 17.3. The molecule has 6 nitrogen and oxygen atoms in total. The van der Waals surface area contributed by atoms with Crippen LogP contribution in [0, 0.1) is 5.82 Å². The van der Waals surface area contributed by atoms with Gasteiger partial charge in [-0.05, 0) is 111 Å². The van der Waals surface area contributed by atoms with Crippen LogP contribution in [0.5, 0.6) is 23.0 Å². The lowest BCUT2D eigenvalue weighted by Gasteiger charge is -2.32. The van der Waals surface area contributed by atoms with E-state index in [4.69, 9.17) is 14.2 Å². The number of benzene rings is 3. The van der Waals surface area contributed by atoms with Crippen LogP contribution in [0.4, 0.5) is 10.1 Å². The smallest absolute Gasteiger partial charge is 0.165 e. The second-order valence-electron chi connectivity index (χ2n) is 11.5.